The number of nitro benzene ring substituents is 1. The van der Waals surface area contributed by atoms with Crippen molar-refractivity contribution in [3.63, 3.8) is 0 Å². The maximum atomic E-state index is 11.1. The van der Waals surface area contributed by atoms with E-state index in [9.17, 15) is 10.1 Å². The van der Waals surface area contributed by atoms with Crippen molar-refractivity contribution < 1.29 is 9.66 Å². The summed E-state index contributed by atoms with van der Waals surface area (Å²) in [5, 5.41) is 20.3. The molecule has 0 N–H and O–H groups in total. The fourth-order valence-corrected chi connectivity index (χ4v) is 3.45. The van der Waals surface area contributed by atoms with Gasteiger partial charge in [0.05, 0.1) is 24.7 Å². The first kappa shape index (κ1) is 16.9. The summed E-state index contributed by atoms with van der Waals surface area (Å²) in [7, 11) is 1.93. The fourth-order valence-electron chi connectivity index (χ4n) is 2.52. The Morgan fingerprint density at radius 2 is 2.04 bits per heavy atom. The number of hydrogen-bond donors (Lipinski definition) is 0. The highest BCUT2D eigenvalue weighted by molar-refractivity contribution is 7.98. The van der Waals surface area contributed by atoms with Gasteiger partial charge in [-0.3, -0.25) is 15.0 Å². The number of ether oxygens (including phenoxy) is 1. The van der Waals surface area contributed by atoms with Gasteiger partial charge in [-0.1, -0.05) is 30.0 Å². The third-order valence-electron chi connectivity index (χ3n) is 3.94. The highest BCUT2D eigenvalue weighted by Gasteiger charge is 2.17. The van der Waals surface area contributed by atoms with Gasteiger partial charge in [0.2, 0.25) is 0 Å². The van der Waals surface area contributed by atoms with E-state index in [0.717, 1.165) is 43.8 Å². The topological polar surface area (TPSA) is 86.3 Å². The van der Waals surface area contributed by atoms with Gasteiger partial charge in [-0.25, -0.2) is 0 Å². The second-order valence-electron chi connectivity index (χ2n) is 5.52. The van der Waals surface area contributed by atoms with Crippen molar-refractivity contribution in [1.29, 1.82) is 0 Å². The Kier molecular flexibility index (Phi) is 5.44. The number of nitrogens with zero attached hydrogens (tertiary/aromatic N) is 5. The van der Waals surface area contributed by atoms with Crippen LogP contribution < -0.4 is 0 Å². The van der Waals surface area contributed by atoms with E-state index in [1.54, 1.807) is 12.1 Å². The van der Waals surface area contributed by atoms with Crippen LogP contribution in [0, 0.1) is 10.1 Å². The molecule has 1 aliphatic rings. The Morgan fingerprint density at radius 3 is 2.79 bits per heavy atom. The van der Waals surface area contributed by atoms with Crippen LogP contribution in [0.1, 0.15) is 11.4 Å². The number of rotatable bonds is 6. The van der Waals surface area contributed by atoms with E-state index in [0.29, 0.717) is 11.3 Å². The SMILES string of the molecule is Cn1c(CN2CCOCC2)nnc1SCc1ccccc1[N+](=O)[O-]. The number of benzene rings is 1. The lowest BCUT2D eigenvalue weighted by Gasteiger charge is -2.25. The van der Waals surface area contributed by atoms with Gasteiger partial charge in [0.1, 0.15) is 5.82 Å². The maximum absolute atomic E-state index is 11.1. The summed E-state index contributed by atoms with van der Waals surface area (Å²) in [6.45, 7) is 4.02. The molecule has 1 aromatic heterocycles. The molecule has 9 heteroatoms. The van der Waals surface area contributed by atoms with Crippen LogP contribution >= 0.6 is 11.8 Å². The average Bonchev–Trinajstić information content (AvgIpc) is 2.94. The Balaban J connectivity index is 1.65. The molecule has 0 radical (unpaired) electrons. The largest absolute Gasteiger partial charge is 0.379 e. The molecule has 2 aromatic rings. The first-order valence-electron chi connectivity index (χ1n) is 7.68. The molecule has 2 heterocycles. The summed E-state index contributed by atoms with van der Waals surface area (Å²) >= 11 is 1.46. The van der Waals surface area contributed by atoms with E-state index in [2.05, 4.69) is 15.1 Å². The molecule has 1 aliphatic heterocycles. The number of aromatic nitrogens is 3. The zero-order chi connectivity index (χ0) is 16.9. The van der Waals surface area contributed by atoms with Crippen molar-refractivity contribution in [2.75, 3.05) is 26.3 Å². The predicted molar refractivity (Wildman–Crippen MR) is 89.8 cm³/mol. The summed E-state index contributed by atoms with van der Waals surface area (Å²) in [5.41, 5.74) is 0.825. The third kappa shape index (κ3) is 3.92. The number of para-hydroxylation sites is 1. The maximum Gasteiger partial charge on any atom is 0.273 e. The molecule has 128 valence electrons. The van der Waals surface area contributed by atoms with E-state index in [1.165, 1.54) is 17.8 Å². The molecule has 0 unspecified atom stereocenters. The Hall–Kier alpha value is -1.97. The van der Waals surface area contributed by atoms with Gasteiger partial charge in [0.15, 0.2) is 5.16 Å². The minimum Gasteiger partial charge on any atom is -0.379 e. The molecule has 3 rings (SSSR count). The molecule has 0 atom stereocenters. The van der Waals surface area contributed by atoms with Crippen LogP contribution in [0.2, 0.25) is 0 Å². The zero-order valence-electron chi connectivity index (χ0n) is 13.4. The van der Waals surface area contributed by atoms with Crippen molar-refractivity contribution in [2.24, 2.45) is 7.05 Å². The monoisotopic (exact) mass is 349 g/mol. The molecule has 0 spiro atoms. The molecule has 1 fully saturated rings. The number of hydrogen-bond acceptors (Lipinski definition) is 7. The van der Waals surface area contributed by atoms with Crippen LogP contribution in [0.25, 0.3) is 0 Å². The summed E-state index contributed by atoms with van der Waals surface area (Å²) in [4.78, 5) is 13.0. The molecule has 1 saturated heterocycles. The minimum absolute atomic E-state index is 0.140. The second-order valence-corrected chi connectivity index (χ2v) is 6.46. The van der Waals surface area contributed by atoms with Crippen molar-refractivity contribution in [3.8, 4) is 0 Å². The molecular weight excluding hydrogens is 330 g/mol. The summed E-state index contributed by atoms with van der Waals surface area (Å²) in [6.07, 6.45) is 0. The van der Waals surface area contributed by atoms with E-state index in [-0.39, 0.29) is 10.6 Å². The summed E-state index contributed by atoms with van der Waals surface area (Å²) in [6, 6.07) is 6.78. The van der Waals surface area contributed by atoms with E-state index in [4.69, 9.17) is 4.74 Å². The van der Waals surface area contributed by atoms with E-state index < -0.39 is 0 Å². The lowest BCUT2D eigenvalue weighted by Crippen LogP contribution is -2.36. The highest BCUT2D eigenvalue weighted by Crippen LogP contribution is 2.27. The molecule has 1 aromatic carbocycles. The van der Waals surface area contributed by atoms with Crippen molar-refractivity contribution in [3.05, 3.63) is 45.8 Å². The van der Waals surface area contributed by atoms with E-state index >= 15 is 0 Å². The van der Waals surface area contributed by atoms with E-state index in [1.807, 2.05) is 17.7 Å². The average molecular weight is 349 g/mol. The minimum atomic E-state index is -0.351. The molecule has 0 saturated carbocycles. The normalized spacial score (nSPS) is 15.5. The van der Waals surface area contributed by atoms with Gasteiger partial charge >= 0.3 is 0 Å². The lowest BCUT2D eigenvalue weighted by molar-refractivity contribution is -0.385. The van der Waals surface area contributed by atoms with Gasteiger partial charge in [0, 0.05) is 37.5 Å². The van der Waals surface area contributed by atoms with Crippen LogP contribution in [0.15, 0.2) is 29.4 Å². The van der Waals surface area contributed by atoms with Crippen LogP contribution in [-0.2, 0) is 24.1 Å². The Labute approximate surface area is 144 Å². The Morgan fingerprint density at radius 1 is 1.29 bits per heavy atom. The van der Waals surface area contributed by atoms with Gasteiger partial charge in [-0.2, -0.15) is 0 Å². The van der Waals surface area contributed by atoms with Gasteiger partial charge in [-0.15, -0.1) is 10.2 Å². The van der Waals surface area contributed by atoms with Crippen LogP contribution in [0.4, 0.5) is 5.69 Å². The summed E-state index contributed by atoms with van der Waals surface area (Å²) in [5.74, 6) is 1.38. The number of nitro groups is 1. The van der Waals surface area contributed by atoms with Crippen LogP contribution in [0.3, 0.4) is 0 Å². The van der Waals surface area contributed by atoms with Crippen LogP contribution in [0.5, 0.6) is 0 Å². The Bertz CT molecular complexity index is 715. The second kappa shape index (κ2) is 7.73. The molecule has 0 bridgehead atoms. The molecule has 24 heavy (non-hydrogen) atoms. The fraction of sp³-hybridized carbons (Fsp3) is 0.467. The number of thioether (sulfide) groups is 1. The number of morpholine rings is 1. The van der Waals surface area contributed by atoms with Crippen LogP contribution in [-0.4, -0.2) is 50.9 Å². The van der Waals surface area contributed by atoms with Gasteiger partial charge < -0.3 is 9.30 Å². The summed E-state index contributed by atoms with van der Waals surface area (Å²) < 4.78 is 7.30. The lowest BCUT2D eigenvalue weighted by atomic mass is 10.2. The zero-order valence-corrected chi connectivity index (χ0v) is 14.2. The van der Waals surface area contributed by atoms with Crippen molar-refractivity contribution >= 4 is 17.4 Å². The molecule has 8 nitrogen and oxygen atoms in total. The quantitative estimate of drug-likeness (QED) is 0.447. The van der Waals surface area contributed by atoms with Crippen molar-refractivity contribution in [2.45, 2.75) is 17.5 Å². The predicted octanol–water partition coefficient (Wildman–Crippen LogP) is 1.85. The molecular formula is C15H19N5O3S. The van der Waals surface area contributed by atoms with Gasteiger partial charge in [-0.05, 0) is 0 Å². The standard InChI is InChI=1S/C15H19N5O3S/c1-18-14(10-19-6-8-23-9-7-19)16-17-15(18)24-11-12-4-2-3-5-13(12)20(21)22/h2-5H,6-11H2,1H3. The first-order chi connectivity index (χ1) is 11.6. The van der Waals surface area contributed by atoms with Crippen molar-refractivity contribution in [1.82, 2.24) is 19.7 Å². The highest BCUT2D eigenvalue weighted by atomic mass is 32.2. The third-order valence-corrected chi connectivity index (χ3v) is 5.01. The molecule has 0 aliphatic carbocycles. The van der Waals surface area contributed by atoms with Gasteiger partial charge in [0.25, 0.3) is 5.69 Å². The smallest absolute Gasteiger partial charge is 0.273 e. The first-order valence-corrected chi connectivity index (χ1v) is 8.67. The molecule has 0 amide bonds.